The molecule has 3 heterocycles. The molecule has 1 aromatic carbocycles. The van der Waals surface area contributed by atoms with Crippen molar-refractivity contribution in [3.05, 3.63) is 46.8 Å². The lowest BCUT2D eigenvalue weighted by atomic mass is 10.0. The number of methoxy groups -OCH3 is 1. The molecule has 0 fully saturated rings. The average Bonchev–Trinajstić information content (AvgIpc) is 3.22. The zero-order valence-electron chi connectivity index (χ0n) is 14.5. The van der Waals surface area contributed by atoms with Crippen molar-refractivity contribution < 1.29 is 13.9 Å². The van der Waals surface area contributed by atoms with Crippen LogP contribution in [-0.4, -0.2) is 39.7 Å². The Morgan fingerprint density at radius 2 is 2.24 bits per heavy atom. The Hall–Kier alpha value is -2.67. The van der Waals surface area contributed by atoms with Crippen molar-refractivity contribution in [1.82, 2.24) is 20.1 Å². The summed E-state index contributed by atoms with van der Waals surface area (Å²) in [7, 11) is 1.40. The van der Waals surface area contributed by atoms with Crippen LogP contribution in [0.2, 0.25) is 0 Å². The minimum Gasteiger partial charge on any atom is -0.465 e. The fourth-order valence-corrected chi connectivity index (χ4v) is 3.45. The Balaban J connectivity index is 1.68. The minimum atomic E-state index is -0.320. The van der Waals surface area contributed by atoms with Gasteiger partial charge in [0.25, 0.3) is 0 Å². The second kappa shape index (κ2) is 6.00. The average molecular weight is 340 g/mol. The van der Waals surface area contributed by atoms with Gasteiger partial charge in [0, 0.05) is 43.0 Å². The van der Waals surface area contributed by atoms with Crippen molar-refractivity contribution in [3.8, 4) is 0 Å². The molecule has 0 aliphatic carbocycles. The number of aromatic amines is 1. The maximum Gasteiger partial charge on any atom is 0.337 e. The molecular formula is C18H20N4O3. The Labute approximate surface area is 145 Å². The lowest BCUT2D eigenvalue weighted by Gasteiger charge is -2.30. The SMILES string of the molecule is COC(=O)c1ccc2[nH]c3c(c2c1)CN([C@H](C)c1nnc(C)o1)CC3. The first-order valence-corrected chi connectivity index (χ1v) is 8.32. The van der Waals surface area contributed by atoms with E-state index in [0.29, 0.717) is 17.3 Å². The summed E-state index contributed by atoms with van der Waals surface area (Å²) in [5, 5.41) is 9.14. The van der Waals surface area contributed by atoms with Crippen molar-refractivity contribution in [2.24, 2.45) is 0 Å². The molecule has 3 aromatic rings. The summed E-state index contributed by atoms with van der Waals surface area (Å²) in [5.41, 5.74) is 4.05. The highest BCUT2D eigenvalue weighted by atomic mass is 16.5. The third-order valence-corrected chi connectivity index (χ3v) is 4.87. The van der Waals surface area contributed by atoms with Gasteiger partial charge in [0.05, 0.1) is 18.7 Å². The summed E-state index contributed by atoms with van der Waals surface area (Å²) in [6, 6.07) is 5.68. The normalized spacial score (nSPS) is 16.0. The van der Waals surface area contributed by atoms with Crippen LogP contribution >= 0.6 is 0 Å². The van der Waals surface area contributed by atoms with Gasteiger partial charge in [-0.2, -0.15) is 0 Å². The van der Waals surface area contributed by atoms with E-state index in [2.05, 4.69) is 27.0 Å². The van der Waals surface area contributed by atoms with Gasteiger partial charge in [-0.25, -0.2) is 4.79 Å². The number of rotatable bonds is 3. The predicted molar refractivity (Wildman–Crippen MR) is 91.2 cm³/mol. The van der Waals surface area contributed by atoms with E-state index < -0.39 is 0 Å². The molecule has 2 aromatic heterocycles. The second-order valence-corrected chi connectivity index (χ2v) is 6.39. The van der Waals surface area contributed by atoms with Crippen LogP contribution in [-0.2, 0) is 17.7 Å². The molecule has 1 N–H and O–H groups in total. The second-order valence-electron chi connectivity index (χ2n) is 6.39. The predicted octanol–water partition coefficient (Wildman–Crippen LogP) is 2.77. The number of nitrogens with zero attached hydrogens (tertiary/aromatic N) is 3. The number of aryl methyl sites for hydroxylation is 1. The molecule has 0 radical (unpaired) electrons. The van der Waals surface area contributed by atoms with E-state index in [1.165, 1.54) is 18.4 Å². The molecule has 7 nitrogen and oxygen atoms in total. The number of fused-ring (bicyclic) bond motifs is 3. The first kappa shape index (κ1) is 15.8. The molecule has 0 saturated carbocycles. The zero-order valence-corrected chi connectivity index (χ0v) is 14.5. The van der Waals surface area contributed by atoms with Crippen LogP contribution in [0.4, 0.5) is 0 Å². The van der Waals surface area contributed by atoms with E-state index in [1.54, 1.807) is 13.0 Å². The Bertz CT molecular complexity index is 943. The summed E-state index contributed by atoms with van der Waals surface area (Å²) < 4.78 is 10.4. The molecule has 0 bridgehead atoms. The van der Waals surface area contributed by atoms with E-state index in [4.69, 9.17) is 9.15 Å². The van der Waals surface area contributed by atoms with E-state index >= 15 is 0 Å². The highest BCUT2D eigenvalue weighted by Gasteiger charge is 2.27. The highest BCUT2D eigenvalue weighted by Crippen LogP contribution is 2.32. The number of aromatic nitrogens is 3. The first-order chi connectivity index (χ1) is 12.1. The maximum absolute atomic E-state index is 11.8. The molecule has 130 valence electrons. The van der Waals surface area contributed by atoms with Gasteiger partial charge in [0.2, 0.25) is 11.8 Å². The number of benzene rings is 1. The molecule has 0 saturated heterocycles. The van der Waals surface area contributed by atoms with Crippen LogP contribution in [0.15, 0.2) is 22.6 Å². The van der Waals surface area contributed by atoms with Gasteiger partial charge in [-0.3, -0.25) is 4.90 Å². The molecule has 0 amide bonds. The van der Waals surface area contributed by atoms with E-state index in [9.17, 15) is 4.79 Å². The standard InChI is InChI=1S/C18H20N4O3/c1-10(17-21-20-11(2)25-17)22-7-6-16-14(9-22)13-8-12(18(23)24-3)4-5-15(13)19-16/h4-5,8,10,19H,6-7,9H2,1-3H3/t10-/m1/s1. The quantitative estimate of drug-likeness (QED) is 0.738. The smallest absolute Gasteiger partial charge is 0.337 e. The molecule has 0 unspecified atom stereocenters. The van der Waals surface area contributed by atoms with Crippen molar-refractivity contribution in [1.29, 1.82) is 0 Å². The van der Waals surface area contributed by atoms with Crippen molar-refractivity contribution >= 4 is 16.9 Å². The molecule has 1 atom stereocenters. The first-order valence-electron chi connectivity index (χ1n) is 8.32. The van der Waals surface area contributed by atoms with Crippen molar-refractivity contribution in [2.45, 2.75) is 32.9 Å². The lowest BCUT2D eigenvalue weighted by Crippen LogP contribution is -2.32. The van der Waals surface area contributed by atoms with Gasteiger partial charge in [-0.05, 0) is 30.7 Å². The monoisotopic (exact) mass is 340 g/mol. The van der Waals surface area contributed by atoms with Crippen LogP contribution in [0.5, 0.6) is 0 Å². The van der Waals surface area contributed by atoms with Gasteiger partial charge >= 0.3 is 5.97 Å². The third-order valence-electron chi connectivity index (χ3n) is 4.87. The number of H-pyrrole nitrogens is 1. The zero-order chi connectivity index (χ0) is 17.6. The number of carbonyl (C=O) groups excluding carboxylic acids is 1. The Morgan fingerprint density at radius 3 is 2.96 bits per heavy atom. The molecule has 4 rings (SSSR count). The van der Waals surface area contributed by atoms with Gasteiger partial charge in [-0.15, -0.1) is 10.2 Å². The maximum atomic E-state index is 11.8. The van der Waals surface area contributed by atoms with Crippen LogP contribution < -0.4 is 0 Å². The summed E-state index contributed by atoms with van der Waals surface area (Å²) in [5.74, 6) is 0.893. The summed E-state index contributed by atoms with van der Waals surface area (Å²) >= 11 is 0. The number of hydrogen-bond donors (Lipinski definition) is 1. The summed E-state index contributed by atoms with van der Waals surface area (Å²) in [4.78, 5) is 17.6. The van der Waals surface area contributed by atoms with E-state index in [0.717, 1.165) is 30.4 Å². The Kier molecular flexibility index (Phi) is 3.80. The van der Waals surface area contributed by atoms with Gasteiger partial charge in [0.1, 0.15) is 0 Å². The molecule has 1 aliphatic rings. The molecule has 7 heteroatoms. The van der Waals surface area contributed by atoms with Crippen LogP contribution in [0, 0.1) is 6.92 Å². The number of carbonyl (C=O) groups is 1. The lowest BCUT2D eigenvalue weighted by molar-refractivity contribution is 0.0601. The van der Waals surface area contributed by atoms with Crippen LogP contribution in [0.3, 0.4) is 0 Å². The van der Waals surface area contributed by atoms with E-state index in [-0.39, 0.29) is 12.0 Å². The fourth-order valence-electron chi connectivity index (χ4n) is 3.45. The highest BCUT2D eigenvalue weighted by molar-refractivity contribution is 5.96. The number of hydrogen-bond acceptors (Lipinski definition) is 6. The summed E-state index contributed by atoms with van der Waals surface area (Å²) in [6.07, 6.45) is 0.912. The fraction of sp³-hybridized carbons (Fsp3) is 0.389. The number of esters is 1. The van der Waals surface area contributed by atoms with Crippen molar-refractivity contribution in [2.75, 3.05) is 13.7 Å². The van der Waals surface area contributed by atoms with E-state index in [1.807, 2.05) is 12.1 Å². The number of nitrogens with one attached hydrogen (secondary N) is 1. The third kappa shape index (κ3) is 2.70. The topological polar surface area (TPSA) is 84.3 Å². The molecule has 0 spiro atoms. The molecule has 1 aliphatic heterocycles. The Morgan fingerprint density at radius 1 is 1.40 bits per heavy atom. The molecule has 25 heavy (non-hydrogen) atoms. The van der Waals surface area contributed by atoms with Gasteiger partial charge in [-0.1, -0.05) is 0 Å². The van der Waals surface area contributed by atoms with Crippen molar-refractivity contribution in [3.63, 3.8) is 0 Å². The number of ether oxygens (including phenoxy) is 1. The van der Waals surface area contributed by atoms with Gasteiger partial charge < -0.3 is 14.1 Å². The van der Waals surface area contributed by atoms with Crippen LogP contribution in [0.25, 0.3) is 10.9 Å². The van der Waals surface area contributed by atoms with Crippen LogP contribution in [0.1, 0.15) is 46.4 Å². The summed E-state index contributed by atoms with van der Waals surface area (Å²) in [6.45, 7) is 5.55. The largest absolute Gasteiger partial charge is 0.465 e. The minimum absolute atomic E-state index is 0.0445. The molecular weight excluding hydrogens is 320 g/mol. The van der Waals surface area contributed by atoms with Gasteiger partial charge in [0.15, 0.2) is 0 Å².